The first-order chi connectivity index (χ1) is 14.6. The summed E-state index contributed by atoms with van der Waals surface area (Å²) in [6.45, 7) is 1.40. The van der Waals surface area contributed by atoms with Crippen LogP contribution in [0.3, 0.4) is 0 Å². The number of thioether (sulfide) groups is 1. The molecule has 0 saturated carbocycles. The van der Waals surface area contributed by atoms with Gasteiger partial charge in [-0.15, -0.1) is 11.8 Å². The number of likely N-dealkylation sites (tertiary alicyclic amines) is 1. The summed E-state index contributed by atoms with van der Waals surface area (Å²) in [7, 11) is 2.54. The zero-order valence-corrected chi connectivity index (χ0v) is 18.5. The second-order valence-corrected chi connectivity index (χ2v) is 7.86. The Bertz CT molecular complexity index is 717. The van der Waals surface area contributed by atoms with Crippen LogP contribution in [0, 0.1) is 0 Å². The predicted octanol–water partition coefficient (Wildman–Crippen LogP) is -2.08. The number of nitrogens with one attached hydrogen (secondary N) is 2. The number of esters is 2. The Morgan fingerprint density at radius 2 is 1.97 bits per heavy atom. The predicted molar refractivity (Wildman–Crippen MR) is 109 cm³/mol. The fourth-order valence-corrected chi connectivity index (χ4v) is 3.74. The average Bonchev–Trinajstić information content (AvgIpc) is 2.99. The third-order valence-electron chi connectivity index (χ3n) is 4.36. The van der Waals surface area contributed by atoms with Crippen molar-refractivity contribution in [2.24, 2.45) is 5.73 Å². The molecule has 1 fully saturated rings. The zero-order valence-electron chi connectivity index (χ0n) is 17.7. The molecule has 0 spiro atoms. The van der Waals surface area contributed by atoms with Gasteiger partial charge in [0.05, 0.1) is 19.0 Å². The molecular weight excluding hydrogens is 432 g/mol. The van der Waals surface area contributed by atoms with Crippen molar-refractivity contribution in [3.63, 3.8) is 0 Å². The fraction of sp³-hybridized carbons (Fsp3) is 0.667. The van der Waals surface area contributed by atoms with Gasteiger partial charge in [-0.05, 0) is 13.3 Å². The van der Waals surface area contributed by atoms with Crippen LogP contribution in [0.5, 0.6) is 0 Å². The van der Waals surface area contributed by atoms with E-state index in [9.17, 15) is 28.8 Å². The van der Waals surface area contributed by atoms with Crippen LogP contribution in [0.25, 0.3) is 0 Å². The largest absolute Gasteiger partial charge is 0.468 e. The van der Waals surface area contributed by atoms with Gasteiger partial charge in [0.25, 0.3) is 0 Å². The highest BCUT2D eigenvalue weighted by Gasteiger charge is 2.37. The Kier molecular flexibility index (Phi) is 11.0. The zero-order chi connectivity index (χ0) is 23.6. The van der Waals surface area contributed by atoms with E-state index < -0.39 is 47.6 Å². The monoisotopic (exact) mass is 460 g/mol. The van der Waals surface area contributed by atoms with Crippen LogP contribution >= 0.6 is 11.8 Å². The molecule has 0 aliphatic carbocycles. The maximum Gasteiger partial charge on any atom is 0.325 e. The third kappa shape index (κ3) is 8.53. The van der Waals surface area contributed by atoms with Gasteiger partial charge in [0.1, 0.15) is 18.6 Å². The summed E-state index contributed by atoms with van der Waals surface area (Å²) in [5.74, 6) is -3.24. The topological polar surface area (TPSA) is 174 Å². The summed E-state index contributed by atoms with van der Waals surface area (Å²) in [5, 5.41) is 4.18. The van der Waals surface area contributed by atoms with Gasteiger partial charge in [-0.1, -0.05) is 0 Å². The van der Waals surface area contributed by atoms with E-state index in [1.54, 1.807) is 6.92 Å². The lowest BCUT2D eigenvalue weighted by Gasteiger charge is -2.19. The molecule has 3 unspecified atom stereocenters. The van der Waals surface area contributed by atoms with Crippen molar-refractivity contribution >= 4 is 47.3 Å². The number of carbonyl (C=O) groups is 6. The van der Waals surface area contributed by atoms with Gasteiger partial charge < -0.3 is 25.8 Å². The third-order valence-corrected chi connectivity index (χ3v) is 5.66. The highest BCUT2D eigenvalue weighted by Crippen LogP contribution is 2.24. The molecule has 1 aliphatic heterocycles. The fourth-order valence-electron chi connectivity index (χ4n) is 2.52. The second kappa shape index (κ2) is 12.9. The number of carbonyl (C=O) groups excluding carboxylic acids is 6. The highest BCUT2D eigenvalue weighted by atomic mass is 32.2. The molecule has 0 aromatic heterocycles. The number of methoxy groups -OCH3 is 1. The molecule has 4 amide bonds. The van der Waals surface area contributed by atoms with Crippen LogP contribution in [0.1, 0.15) is 26.2 Å². The standard InChI is InChI=1S/C18H28N4O8S/c1-4-30-18(28)10(19)5-6-13(23)21-11(16(26)20-8-15(25)29-3)9-31-12-7-14(24)22(2)17(12)27/h10-12H,4-9,19H2,1-3H3,(H,20,26)(H,21,23). The molecule has 12 nitrogen and oxygen atoms in total. The maximum atomic E-state index is 12.4. The van der Waals surface area contributed by atoms with E-state index in [0.29, 0.717) is 0 Å². The number of rotatable bonds is 12. The quantitative estimate of drug-likeness (QED) is 0.217. The van der Waals surface area contributed by atoms with E-state index in [2.05, 4.69) is 15.4 Å². The first kappa shape index (κ1) is 26.4. The molecule has 174 valence electrons. The summed E-state index contributed by atoms with van der Waals surface area (Å²) >= 11 is 1.05. The Balaban J connectivity index is 2.68. The summed E-state index contributed by atoms with van der Waals surface area (Å²) in [6, 6.07) is -2.07. The molecule has 1 saturated heterocycles. The molecule has 1 rings (SSSR count). The lowest BCUT2D eigenvalue weighted by Crippen LogP contribution is -2.50. The number of ether oxygens (including phenoxy) is 2. The van der Waals surface area contributed by atoms with E-state index >= 15 is 0 Å². The Morgan fingerprint density at radius 1 is 1.29 bits per heavy atom. The molecule has 13 heteroatoms. The number of nitrogens with zero attached hydrogens (tertiary/aromatic N) is 1. The number of nitrogens with two attached hydrogens (primary N) is 1. The minimum absolute atomic E-state index is 0.00115. The van der Waals surface area contributed by atoms with Gasteiger partial charge in [0.15, 0.2) is 0 Å². The van der Waals surface area contributed by atoms with E-state index in [1.807, 2.05) is 0 Å². The van der Waals surface area contributed by atoms with Gasteiger partial charge in [-0.25, -0.2) is 0 Å². The molecule has 0 aromatic carbocycles. The SMILES string of the molecule is CCOC(=O)C(N)CCC(=O)NC(CSC1CC(=O)N(C)C1=O)C(=O)NCC(=O)OC. The first-order valence-electron chi connectivity index (χ1n) is 9.58. The summed E-state index contributed by atoms with van der Waals surface area (Å²) in [6.07, 6.45) is -0.136. The van der Waals surface area contributed by atoms with Gasteiger partial charge in [0.2, 0.25) is 23.6 Å². The van der Waals surface area contributed by atoms with Gasteiger partial charge >= 0.3 is 11.9 Å². The Labute approximate surface area is 183 Å². The van der Waals surface area contributed by atoms with Gasteiger partial charge in [0, 0.05) is 25.6 Å². The van der Waals surface area contributed by atoms with Crippen LogP contribution in [0.4, 0.5) is 0 Å². The van der Waals surface area contributed by atoms with Crippen molar-refractivity contribution in [3.8, 4) is 0 Å². The van der Waals surface area contributed by atoms with Crippen molar-refractivity contribution < 1.29 is 38.2 Å². The summed E-state index contributed by atoms with van der Waals surface area (Å²) in [4.78, 5) is 72.2. The normalized spacial score (nSPS) is 17.7. The van der Waals surface area contributed by atoms with E-state index in [4.69, 9.17) is 10.5 Å². The van der Waals surface area contributed by atoms with Crippen molar-refractivity contribution in [1.82, 2.24) is 15.5 Å². The summed E-state index contributed by atoms with van der Waals surface area (Å²) in [5.41, 5.74) is 5.66. The molecule has 1 heterocycles. The van der Waals surface area contributed by atoms with E-state index in [1.165, 1.54) is 7.05 Å². The maximum absolute atomic E-state index is 12.4. The number of hydrogen-bond donors (Lipinski definition) is 3. The second-order valence-electron chi connectivity index (χ2n) is 6.63. The van der Waals surface area contributed by atoms with Crippen molar-refractivity contribution in [3.05, 3.63) is 0 Å². The minimum Gasteiger partial charge on any atom is -0.468 e. The van der Waals surface area contributed by atoms with Gasteiger partial charge in [-0.2, -0.15) is 0 Å². The molecule has 31 heavy (non-hydrogen) atoms. The van der Waals surface area contributed by atoms with Crippen LogP contribution < -0.4 is 16.4 Å². The van der Waals surface area contributed by atoms with E-state index in [-0.39, 0.29) is 43.4 Å². The van der Waals surface area contributed by atoms with Gasteiger partial charge in [-0.3, -0.25) is 33.7 Å². The molecule has 0 bridgehead atoms. The first-order valence-corrected chi connectivity index (χ1v) is 10.6. The molecule has 1 aliphatic rings. The molecule has 4 N–H and O–H groups in total. The summed E-state index contributed by atoms with van der Waals surface area (Å²) < 4.78 is 9.23. The smallest absolute Gasteiger partial charge is 0.325 e. The molecule has 3 atom stereocenters. The van der Waals surface area contributed by atoms with Crippen LogP contribution in [-0.2, 0) is 38.2 Å². The average molecular weight is 461 g/mol. The lowest BCUT2D eigenvalue weighted by atomic mass is 10.1. The minimum atomic E-state index is -1.09. The van der Waals surface area contributed by atoms with Crippen molar-refractivity contribution in [2.45, 2.75) is 43.5 Å². The lowest BCUT2D eigenvalue weighted by molar-refractivity contribution is -0.145. The van der Waals surface area contributed by atoms with Crippen LogP contribution in [-0.4, -0.2) is 90.9 Å². The number of hydrogen-bond acceptors (Lipinski definition) is 10. The Hall–Kier alpha value is -2.67. The molecule has 0 radical (unpaired) electrons. The van der Waals surface area contributed by atoms with Crippen molar-refractivity contribution in [1.29, 1.82) is 0 Å². The molecular formula is C18H28N4O8S. The highest BCUT2D eigenvalue weighted by molar-refractivity contribution is 8.00. The molecule has 0 aromatic rings. The van der Waals surface area contributed by atoms with E-state index in [0.717, 1.165) is 23.8 Å². The van der Waals surface area contributed by atoms with Crippen LogP contribution in [0.15, 0.2) is 0 Å². The number of imide groups is 1. The number of amides is 4. The Morgan fingerprint density at radius 3 is 2.52 bits per heavy atom. The van der Waals surface area contributed by atoms with Crippen molar-refractivity contribution in [2.75, 3.05) is 33.1 Å². The van der Waals surface area contributed by atoms with Crippen LogP contribution in [0.2, 0.25) is 0 Å².